The Labute approximate surface area is 117 Å². The van der Waals surface area contributed by atoms with Gasteiger partial charge in [-0.1, -0.05) is 19.3 Å². The molecule has 0 aliphatic carbocycles. The van der Waals surface area contributed by atoms with Gasteiger partial charge in [0, 0.05) is 26.7 Å². The number of aliphatic hydroxyl groups is 1. The van der Waals surface area contributed by atoms with Gasteiger partial charge in [0.05, 0.1) is 5.92 Å². The Bertz CT molecular complexity index is 235. The second-order valence-electron chi connectivity index (χ2n) is 5.36. The van der Waals surface area contributed by atoms with Crippen molar-refractivity contribution >= 4 is 5.91 Å². The number of hydrogen-bond donors (Lipinski definition) is 3. The summed E-state index contributed by atoms with van der Waals surface area (Å²) >= 11 is 0. The first-order chi connectivity index (χ1) is 9.04. The molecule has 0 bridgehead atoms. The molecule has 5 heteroatoms. The van der Waals surface area contributed by atoms with Gasteiger partial charge in [0.15, 0.2) is 0 Å². The van der Waals surface area contributed by atoms with E-state index in [9.17, 15) is 4.79 Å². The molecule has 0 heterocycles. The van der Waals surface area contributed by atoms with Crippen LogP contribution in [-0.4, -0.2) is 49.2 Å². The van der Waals surface area contributed by atoms with Gasteiger partial charge in [-0.05, 0) is 32.2 Å². The molecule has 2 atom stereocenters. The lowest BCUT2D eigenvalue weighted by Crippen LogP contribution is -2.41. The van der Waals surface area contributed by atoms with Crippen molar-refractivity contribution < 1.29 is 9.90 Å². The molecule has 1 amide bonds. The van der Waals surface area contributed by atoms with Crippen molar-refractivity contribution in [3.05, 3.63) is 0 Å². The van der Waals surface area contributed by atoms with Crippen LogP contribution in [0.25, 0.3) is 0 Å². The lowest BCUT2D eigenvalue weighted by atomic mass is 9.89. The van der Waals surface area contributed by atoms with Crippen LogP contribution in [0.3, 0.4) is 0 Å². The van der Waals surface area contributed by atoms with E-state index in [1.165, 1.54) is 0 Å². The van der Waals surface area contributed by atoms with Gasteiger partial charge < -0.3 is 21.5 Å². The molecule has 114 valence electrons. The minimum atomic E-state index is -0.101. The van der Waals surface area contributed by atoms with Crippen LogP contribution in [0.15, 0.2) is 0 Å². The van der Waals surface area contributed by atoms with Crippen LogP contribution in [0.2, 0.25) is 0 Å². The normalized spacial score (nSPS) is 14.2. The van der Waals surface area contributed by atoms with Gasteiger partial charge in [-0.25, -0.2) is 0 Å². The van der Waals surface area contributed by atoms with Crippen molar-refractivity contribution in [2.24, 2.45) is 17.4 Å². The number of hydrogen-bond acceptors (Lipinski definition) is 4. The van der Waals surface area contributed by atoms with E-state index in [-0.39, 0.29) is 24.5 Å². The number of unbranched alkanes of at least 4 members (excludes halogenated alkanes) is 3. The predicted molar refractivity (Wildman–Crippen MR) is 78.6 cm³/mol. The standard InChI is InChI=1S/C14H31N3O2/c1-17(2)14(19)12(8-5-6-10-15)13(16)9-4-3-7-11-18/h12-13,18H,3-11,15-16H2,1-2H3. The zero-order valence-corrected chi connectivity index (χ0v) is 12.5. The highest BCUT2D eigenvalue weighted by Gasteiger charge is 2.25. The summed E-state index contributed by atoms with van der Waals surface area (Å²) in [6, 6.07) is -0.0913. The van der Waals surface area contributed by atoms with Crippen molar-refractivity contribution in [3.63, 3.8) is 0 Å². The number of rotatable bonds is 11. The van der Waals surface area contributed by atoms with Crippen molar-refractivity contribution in [1.82, 2.24) is 4.90 Å². The highest BCUT2D eigenvalue weighted by atomic mass is 16.2. The topological polar surface area (TPSA) is 92.6 Å². The smallest absolute Gasteiger partial charge is 0.226 e. The van der Waals surface area contributed by atoms with Crippen LogP contribution in [0.1, 0.15) is 44.9 Å². The van der Waals surface area contributed by atoms with Gasteiger partial charge in [0.1, 0.15) is 0 Å². The Hall–Kier alpha value is -0.650. The molecule has 0 aromatic rings. The van der Waals surface area contributed by atoms with E-state index in [2.05, 4.69) is 0 Å². The van der Waals surface area contributed by atoms with Gasteiger partial charge in [-0.2, -0.15) is 0 Å². The second-order valence-corrected chi connectivity index (χ2v) is 5.36. The van der Waals surface area contributed by atoms with Crippen molar-refractivity contribution in [2.75, 3.05) is 27.2 Å². The third-order valence-electron chi connectivity index (χ3n) is 3.44. The highest BCUT2D eigenvalue weighted by molar-refractivity contribution is 5.79. The maximum absolute atomic E-state index is 12.1. The summed E-state index contributed by atoms with van der Waals surface area (Å²) < 4.78 is 0. The molecule has 0 aliphatic rings. The van der Waals surface area contributed by atoms with E-state index in [0.29, 0.717) is 6.54 Å². The third-order valence-corrected chi connectivity index (χ3v) is 3.44. The quantitative estimate of drug-likeness (QED) is 0.483. The van der Waals surface area contributed by atoms with Crippen LogP contribution in [0, 0.1) is 5.92 Å². The zero-order chi connectivity index (χ0) is 14.7. The largest absolute Gasteiger partial charge is 0.396 e. The first-order valence-electron chi connectivity index (χ1n) is 7.32. The Balaban J connectivity index is 4.24. The SMILES string of the molecule is CN(C)C(=O)C(CCCCN)C(N)CCCCCO. The monoisotopic (exact) mass is 273 g/mol. The van der Waals surface area contributed by atoms with Crippen molar-refractivity contribution in [3.8, 4) is 0 Å². The van der Waals surface area contributed by atoms with Crippen LogP contribution < -0.4 is 11.5 Å². The fourth-order valence-electron chi connectivity index (χ4n) is 2.23. The van der Waals surface area contributed by atoms with Gasteiger partial charge in [0.25, 0.3) is 0 Å². The molecule has 0 rings (SSSR count). The molecule has 5 nitrogen and oxygen atoms in total. The maximum Gasteiger partial charge on any atom is 0.226 e. The summed E-state index contributed by atoms with van der Waals surface area (Å²) in [4.78, 5) is 13.8. The fourth-order valence-corrected chi connectivity index (χ4v) is 2.23. The van der Waals surface area contributed by atoms with Crippen LogP contribution >= 0.6 is 0 Å². The third kappa shape index (κ3) is 8.18. The molecule has 0 saturated heterocycles. The van der Waals surface area contributed by atoms with Crippen molar-refractivity contribution in [2.45, 2.75) is 51.0 Å². The number of carbonyl (C=O) groups excluding carboxylic acids is 1. The van der Waals surface area contributed by atoms with Crippen LogP contribution in [-0.2, 0) is 4.79 Å². The minimum Gasteiger partial charge on any atom is -0.396 e. The number of aliphatic hydroxyl groups excluding tert-OH is 1. The van der Waals surface area contributed by atoms with Gasteiger partial charge in [-0.15, -0.1) is 0 Å². The average Bonchev–Trinajstić information content (AvgIpc) is 2.38. The van der Waals surface area contributed by atoms with E-state index in [1.807, 2.05) is 0 Å². The van der Waals surface area contributed by atoms with Gasteiger partial charge in [0.2, 0.25) is 5.91 Å². The molecule has 0 radical (unpaired) electrons. The number of nitrogens with two attached hydrogens (primary N) is 2. The molecule has 0 aliphatic heterocycles. The molecule has 5 N–H and O–H groups in total. The molecule has 0 aromatic heterocycles. The lowest BCUT2D eigenvalue weighted by Gasteiger charge is -2.26. The molecule has 0 saturated carbocycles. The Kier molecular flexibility index (Phi) is 10.8. The Morgan fingerprint density at radius 1 is 1.11 bits per heavy atom. The van der Waals surface area contributed by atoms with Gasteiger partial charge >= 0.3 is 0 Å². The predicted octanol–water partition coefficient (Wildman–Crippen LogP) is 0.700. The number of nitrogens with zero attached hydrogens (tertiary/aromatic N) is 1. The minimum absolute atomic E-state index is 0.0913. The maximum atomic E-state index is 12.1. The summed E-state index contributed by atoms with van der Waals surface area (Å²) in [6.45, 7) is 0.889. The van der Waals surface area contributed by atoms with E-state index >= 15 is 0 Å². The molecule has 0 aromatic carbocycles. The van der Waals surface area contributed by atoms with Crippen molar-refractivity contribution in [1.29, 1.82) is 0 Å². The molecular formula is C14H31N3O2. The Morgan fingerprint density at radius 2 is 1.74 bits per heavy atom. The van der Waals surface area contributed by atoms with Crippen LogP contribution in [0.4, 0.5) is 0 Å². The fraction of sp³-hybridized carbons (Fsp3) is 0.929. The van der Waals surface area contributed by atoms with E-state index in [1.54, 1.807) is 19.0 Å². The molecular weight excluding hydrogens is 242 g/mol. The summed E-state index contributed by atoms with van der Waals surface area (Å²) in [7, 11) is 3.55. The highest BCUT2D eigenvalue weighted by Crippen LogP contribution is 2.18. The Morgan fingerprint density at radius 3 is 2.26 bits per heavy atom. The summed E-state index contributed by atoms with van der Waals surface area (Å²) in [5.41, 5.74) is 11.7. The molecule has 19 heavy (non-hydrogen) atoms. The number of amides is 1. The lowest BCUT2D eigenvalue weighted by molar-refractivity contribution is -0.134. The number of carbonyl (C=O) groups is 1. The van der Waals surface area contributed by atoms with Crippen LogP contribution in [0.5, 0.6) is 0 Å². The zero-order valence-electron chi connectivity index (χ0n) is 12.5. The van der Waals surface area contributed by atoms with E-state index in [0.717, 1.165) is 44.9 Å². The van der Waals surface area contributed by atoms with Gasteiger partial charge in [-0.3, -0.25) is 4.79 Å². The van der Waals surface area contributed by atoms with E-state index < -0.39 is 0 Å². The summed E-state index contributed by atoms with van der Waals surface area (Å²) in [5.74, 6) is 0.0161. The summed E-state index contributed by atoms with van der Waals surface area (Å²) in [6.07, 6.45) is 6.29. The average molecular weight is 273 g/mol. The summed E-state index contributed by atoms with van der Waals surface area (Å²) in [5, 5.41) is 8.74. The molecule has 0 fully saturated rings. The first-order valence-corrected chi connectivity index (χ1v) is 7.32. The second kappa shape index (κ2) is 11.2. The molecule has 2 unspecified atom stereocenters. The van der Waals surface area contributed by atoms with E-state index in [4.69, 9.17) is 16.6 Å². The molecule has 0 spiro atoms. The first kappa shape index (κ1) is 18.4.